The zero-order valence-electron chi connectivity index (χ0n) is 6.68. The fourth-order valence-corrected chi connectivity index (χ4v) is 0.666. The maximum Gasteiger partial charge on any atom is 0.0656 e. The minimum atomic E-state index is 0.778. The molecule has 0 saturated carbocycles. The van der Waals surface area contributed by atoms with Crippen LogP contribution in [0.15, 0.2) is 0 Å². The first-order valence-electron chi connectivity index (χ1n) is 3.65. The molecule has 56 valence electrons. The standard InChI is InChI=1S/C7H17NO/c1-4-6-7-8(3)9-5-2/h4-7H2,1-3H3. The highest BCUT2D eigenvalue weighted by Crippen LogP contribution is 1.91. The molecule has 0 unspecified atom stereocenters. The molecular formula is C7H17NO. The van der Waals surface area contributed by atoms with Crippen molar-refractivity contribution in [3.05, 3.63) is 0 Å². The summed E-state index contributed by atoms with van der Waals surface area (Å²) in [5.74, 6) is 0. The molecule has 0 aliphatic rings. The van der Waals surface area contributed by atoms with Gasteiger partial charge in [0.1, 0.15) is 0 Å². The van der Waals surface area contributed by atoms with Gasteiger partial charge in [0, 0.05) is 13.6 Å². The Balaban J connectivity index is 2.95. The molecule has 0 aromatic rings. The Kier molecular flexibility index (Phi) is 5.99. The molecule has 0 N–H and O–H groups in total. The summed E-state index contributed by atoms with van der Waals surface area (Å²) in [7, 11) is 1.97. The minimum Gasteiger partial charge on any atom is -0.300 e. The van der Waals surface area contributed by atoms with Crippen LogP contribution in [0.25, 0.3) is 0 Å². The van der Waals surface area contributed by atoms with Gasteiger partial charge in [-0.25, -0.2) is 0 Å². The Morgan fingerprint density at radius 1 is 1.33 bits per heavy atom. The van der Waals surface area contributed by atoms with Crippen LogP contribution in [0.3, 0.4) is 0 Å². The smallest absolute Gasteiger partial charge is 0.0656 e. The number of hydrogen-bond donors (Lipinski definition) is 0. The normalized spacial score (nSPS) is 10.7. The Morgan fingerprint density at radius 3 is 2.44 bits per heavy atom. The summed E-state index contributed by atoms with van der Waals surface area (Å²) >= 11 is 0. The van der Waals surface area contributed by atoms with Crippen molar-refractivity contribution in [1.29, 1.82) is 0 Å². The second kappa shape index (κ2) is 6.05. The van der Waals surface area contributed by atoms with Crippen LogP contribution in [0.1, 0.15) is 26.7 Å². The first kappa shape index (κ1) is 8.92. The van der Waals surface area contributed by atoms with Crippen molar-refractivity contribution >= 4 is 0 Å². The largest absolute Gasteiger partial charge is 0.300 e. The Morgan fingerprint density at radius 2 is 2.00 bits per heavy atom. The van der Waals surface area contributed by atoms with E-state index in [1.54, 1.807) is 0 Å². The third-order valence-corrected chi connectivity index (χ3v) is 1.18. The monoisotopic (exact) mass is 131 g/mol. The van der Waals surface area contributed by atoms with Crippen LogP contribution < -0.4 is 0 Å². The van der Waals surface area contributed by atoms with E-state index in [0.717, 1.165) is 13.2 Å². The summed E-state index contributed by atoms with van der Waals surface area (Å²) in [6.07, 6.45) is 2.45. The molecule has 0 atom stereocenters. The van der Waals surface area contributed by atoms with Crippen molar-refractivity contribution in [3.8, 4) is 0 Å². The average molecular weight is 131 g/mol. The molecule has 0 bridgehead atoms. The van der Waals surface area contributed by atoms with Gasteiger partial charge in [-0.2, -0.15) is 5.06 Å². The predicted molar refractivity (Wildman–Crippen MR) is 39.2 cm³/mol. The van der Waals surface area contributed by atoms with Gasteiger partial charge < -0.3 is 0 Å². The lowest BCUT2D eigenvalue weighted by Gasteiger charge is -2.13. The fraction of sp³-hybridized carbons (Fsp3) is 1.00. The van der Waals surface area contributed by atoms with E-state index in [4.69, 9.17) is 4.84 Å². The molecule has 0 aromatic carbocycles. The van der Waals surface area contributed by atoms with Gasteiger partial charge >= 0.3 is 0 Å². The van der Waals surface area contributed by atoms with Gasteiger partial charge in [-0.1, -0.05) is 13.3 Å². The summed E-state index contributed by atoms with van der Waals surface area (Å²) in [6, 6.07) is 0. The van der Waals surface area contributed by atoms with Gasteiger partial charge in [-0.3, -0.25) is 4.84 Å². The number of nitrogens with zero attached hydrogens (tertiary/aromatic N) is 1. The number of hydroxylamine groups is 2. The molecule has 0 rings (SSSR count). The maximum atomic E-state index is 5.18. The van der Waals surface area contributed by atoms with E-state index < -0.39 is 0 Å². The van der Waals surface area contributed by atoms with Gasteiger partial charge in [-0.15, -0.1) is 0 Å². The number of hydrogen-bond acceptors (Lipinski definition) is 2. The van der Waals surface area contributed by atoms with Crippen molar-refractivity contribution in [2.45, 2.75) is 26.7 Å². The van der Waals surface area contributed by atoms with Gasteiger partial charge in [0.25, 0.3) is 0 Å². The molecule has 0 saturated heterocycles. The zero-order valence-corrected chi connectivity index (χ0v) is 6.68. The highest BCUT2D eigenvalue weighted by atomic mass is 16.7. The van der Waals surface area contributed by atoms with Gasteiger partial charge in [-0.05, 0) is 13.3 Å². The van der Waals surface area contributed by atoms with Gasteiger partial charge in [0.05, 0.1) is 6.61 Å². The molecule has 0 heterocycles. The third-order valence-electron chi connectivity index (χ3n) is 1.18. The number of unbranched alkanes of at least 4 members (excludes halogenated alkanes) is 1. The van der Waals surface area contributed by atoms with Crippen molar-refractivity contribution in [2.75, 3.05) is 20.2 Å². The molecule has 2 nitrogen and oxygen atoms in total. The Bertz CT molecular complexity index is 56.9. The third kappa shape index (κ3) is 5.80. The molecule has 0 fully saturated rings. The van der Waals surface area contributed by atoms with Crippen molar-refractivity contribution in [2.24, 2.45) is 0 Å². The maximum absolute atomic E-state index is 5.18. The van der Waals surface area contributed by atoms with Crippen LogP contribution in [-0.4, -0.2) is 25.3 Å². The van der Waals surface area contributed by atoms with Crippen molar-refractivity contribution in [1.82, 2.24) is 5.06 Å². The van der Waals surface area contributed by atoms with Crippen LogP contribution in [0.4, 0.5) is 0 Å². The SMILES string of the molecule is CCCCN(C)OCC. The van der Waals surface area contributed by atoms with Crippen LogP contribution in [0, 0.1) is 0 Å². The molecule has 9 heavy (non-hydrogen) atoms. The highest BCUT2D eigenvalue weighted by Gasteiger charge is 1.92. The molecule has 0 amide bonds. The topological polar surface area (TPSA) is 12.5 Å². The van der Waals surface area contributed by atoms with E-state index >= 15 is 0 Å². The van der Waals surface area contributed by atoms with E-state index in [0.29, 0.717) is 0 Å². The average Bonchev–Trinajstić information content (AvgIpc) is 1.85. The summed E-state index contributed by atoms with van der Waals surface area (Å²) < 4.78 is 0. The van der Waals surface area contributed by atoms with Crippen LogP contribution in [0.5, 0.6) is 0 Å². The first-order valence-corrected chi connectivity index (χ1v) is 3.65. The summed E-state index contributed by atoms with van der Waals surface area (Å²) in [6.45, 7) is 6.01. The van der Waals surface area contributed by atoms with E-state index in [1.807, 2.05) is 19.0 Å². The Hall–Kier alpha value is -0.0800. The van der Waals surface area contributed by atoms with Gasteiger partial charge in [0.15, 0.2) is 0 Å². The van der Waals surface area contributed by atoms with E-state index in [2.05, 4.69) is 6.92 Å². The second-order valence-electron chi connectivity index (χ2n) is 2.12. The van der Waals surface area contributed by atoms with E-state index in [-0.39, 0.29) is 0 Å². The lowest BCUT2D eigenvalue weighted by atomic mass is 10.3. The zero-order chi connectivity index (χ0) is 7.11. The van der Waals surface area contributed by atoms with Crippen molar-refractivity contribution < 1.29 is 4.84 Å². The minimum absolute atomic E-state index is 0.778. The summed E-state index contributed by atoms with van der Waals surface area (Å²) in [4.78, 5) is 5.18. The van der Waals surface area contributed by atoms with Crippen LogP contribution in [0.2, 0.25) is 0 Å². The lowest BCUT2D eigenvalue weighted by Crippen LogP contribution is -2.19. The Labute approximate surface area is 57.8 Å². The van der Waals surface area contributed by atoms with Crippen LogP contribution >= 0.6 is 0 Å². The predicted octanol–water partition coefficient (Wildman–Crippen LogP) is 1.67. The highest BCUT2D eigenvalue weighted by molar-refractivity contribution is 4.36. The van der Waals surface area contributed by atoms with Crippen LogP contribution in [-0.2, 0) is 4.84 Å². The molecule has 0 spiro atoms. The van der Waals surface area contributed by atoms with Gasteiger partial charge in [0.2, 0.25) is 0 Å². The molecule has 0 radical (unpaired) electrons. The van der Waals surface area contributed by atoms with Crippen molar-refractivity contribution in [3.63, 3.8) is 0 Å². The molecule has 0 aromatic heterocycles. The van der Waals surface area contributed by atoms with E-state index in [9.17, 15) is 0 Å². The second-order valence-corrected chi connectivity index (χ2v) is 2.12. The molecule has 2 heteroatoms. The summed E-state index contributed by atoms with van der Waals surface area (Å²) in [5.41, 5.74) is 0. The molecule has 0 aliphatic heterocycles. The fourth-order valence-electron chi connectivity index (χ4n) is 0.666. The first-order chi connectivity index (χ1) is 4.31. The van der Waals surface area contributed by atoms with E-state index in [1.165, 1.54) is 12.8 Å². The lowest BCUT2D eigenvalue weighted by molar-refractivity contribution is -0.134. The molecular weight excluding hydrogens is 114 g/mol. The summed E-state index contributed by atoms with van der Waals surface area (Å²) in [5, 5.41) is 1.89. The number of rotatable bonds is 5. The molecule has 0 aliphatic carbocycles. The quantitative estimate of drug-likeness (QED) is 0.526.